The molecule has 0 N–H and O–H groups in total. The van der Waals surface area contributed by atoms with Gasteiger partial charge in [0.1, 0.15) is 6.21 Å². The lowest BCUT2D eigenvalue weighted by molar-refractivity contribution is -0.132. The second-order valence-electron chi connectivity index (χ2n) is 2.45. The van der Waals surface area contributed by atoms with Crippen molar-refractivity contribution in [2.75, 3.05) is 7.11 Å². The summed E-state index contributed by atoms with van der Waals surface area (Å²) >= 11 is 0. The number of ether oxygens (including phenoxy) is 1. The van der Waals surface area contributed by atoms with Gasteiger partial charge in [0, 0.05) is 5.56 Å². The maximum absolute atomic E-state index is 11.3. The Morgan fingerprint density at radius 1 is 1.29 bits per heavy atom. The number of hydrogen-bond acceptors (Lipinski definition) is 3. The molecule has 1 rings (SSSR count). The quantitative estimate of drug-likeness (QED) is 0.519. The standard InChI is InChI=1S/C10H9NO3/c1-14-9(12)7-11-10(13)8-5-3-2-4-6-8/h2-7H,1H3/b11-7+. The number of nitrogens with zero attached hydrogens (tertiary/aromatic N) is 1. The highest BCUT2D eigenvalue weighted by atomic mass is 16.5. The van der Waals surface area contributed by atoms with Crippen molar-refractivity contribution in [1.29, 1.82) is 0 Å². The van der Waals surface area contributed by atoms with Crippen LogP contribution in [0.4, 0.5) is 0 Å². The third-order valence-corrected chi connectivity index (χ3v) is 1.51. The van der Waals surface area contributed by atoms with Crippen molar-refractivity contribution in [3.63, 3.8) is 0 Å². The van der Waals surface area contributed by atoms with Gasteiger partial charge in [0.25, 0.3) is 5.91 Å². The van der Waals surface area contributed by atoms with Gasteiger partial charge in [0.2, 0.25) is 0 Å². The lowest BCUT2D eigenvalue weighted by Gasteiger charge is -1.92. The number of carbonyl (C=O) groups excluding carboxylic acids is 2. The molecule has 0 aromatic heterocycles. The fourth-order valence-electron chi connectivity index (χ4n) is 0.819. The molecule has 0 fully saturated rings. The van der Waals surface area contributed by atoms with E-state index in [4.69, 9.17) is 0 Å². The molecule has 0 atom stereocenters. The Labute approximate surface area is 81.2 Å². The number of aliphatic imine (C=N–C) groups is 1. The highest BCUT2D eigenvalue weighted by Crippen LogP contribution is 1.99. The van der Waals surface area contributed by atoms with Gasteiger partial charge < -0.3 is 4.74 Å². The average molecular weight is 191 g/mol. The smallest absolute Gasteiger partial charge is 0.349 e. The van der Waals surface area contributed by atoms with Crippen molar-refractivity contribution < 1.29 is 14.3 Å². The van der Waals surface area contributed by atoms with E-state index in [1.54, 1.807) is 30.3 Å². The molecule has 0 aliphatic carbocycles. The van der Waals surface area contributed by atoms with Gasteiger partial charge in [-0.15, -0.1) is 0 Å². The number of hydrogen-bond donors (Lipinski definition) is 0. The molecular formula is C10H9NO3. The van der Waals surface area contributed by atoms with Gasteiger partial charge in [-0.05, 0) is 12.1 Å². The van der Waals surface area contributed by atoms with E-state index in [1.807, 2.05) is 0 Å². The van der Waals surface area contributed by atoms with Crippen molar-refractivity contribution in [2.45, 2.75) is 0 Å². The molecule has 72 valence electrons. The van der Waals surface area contributed by atoms with Crippen molar-refractivity contribution in [3.05, 3.63) is 35.9 Å². The first-order chi connectivity index (χ1) is 6.74. The summed E-state index contributed by atoms with van der Waals surface area (Å²) in [5.41, 5.74) is 0.438. The highest BCUT2D eigenvalue weighted by Gasteiger charge is 2.02. The molecule has 0 saturated heterocycles. The van der Waals surface area contributed by atoms with Gasteiger partial charge in [-0.3, -0.25) is 4.79 Å². The van der Waals surface area contributed by atoms with Crippen molar-refractivity contribution in [3.8, 4) is 0 Å². The van der Waals surface area contributed by atoms with Gasteiger partial charge in [-0.1, -0.05) is 18.2 Å². The van der Waals surface area contributed by atoms with E-state index in [1.165, 1.54) is 7.11 Å². The van der Waals surface area contributed by atoms with E-state index in [0.29, 0.717) is 5.56 Å². The number of carbonyl (C=O) groups is 2. The molecule has 1 aromatic rings. The van der Waals surface area contributed by atoms with E-state index in [2.05, 4.69) is 9.73 Å². The van der Waals surface area contributed by atoms with Gasteiger partial charge >= 0.3 is 5.97 Å². The Morgan fingerprint density at radius 2 is 1.93 bits per heavy atom. The summed E-state index contributed by atoms with van der Waals surface area (Å²) < 4.78 is 4.30. The van der Waals surface area contributed by atoms with E-state index in [0.717, 1.165) is 6.21 Å². The van der Waals surface area contributed by atoms with Crippen molar-refractivity contribution in [2.24, 2.45) is 4.99 Å². The number of methoxy groups -OCH3 is 1. The second-order valence-corrected chi connectivity index (χ2v) is 2.45. The molecule has 0 radical (unpaired) electrons. The second kappa shape index (κ2) is 4.91. The zero-order valence-corrected chi connectivity index (χ0v) is 7.64. The predicted molar refractivity (Wildman–Crippen MR) is 51.3 cm³/mol. The first-order valence-corrected chi connectivity index (χ1v) is 3.95. The fraction of sp³-hybridized carbons (Fsp3) is 0.100. The molecule has 1 aromatic carbocycles. The topological polar surface area (TPSA) is 55.7 Å². The van der Waals surface area contributed by atoms with Crippen LogP contribution in [0.1, 0.15) is 10.4 Å². The van der Waals surface area contributed by atoms with E-state index in [-0.39, 0.29) is 0 Å². The largest absolute Gasteiger partial charge is 0.465 e. The third-order valence-electron chi connectivity index (χ3n) is 1.51. The third kappa shape index (κ3) is 2.82. The molecule has 0 aliphatic heterocycles. The fourth-order valence-corrected chi connectivity index (χ4v) is 0.819. The molecule has 0 bridgehead atoms. The number of benzene rings is 1. The van der Waals surface area contributed by atoms with Crippen molar-refractivity contribution in [1.82, 2.24) is 0 Å². The Morgan fingerprint density at radius 3 is 2.50 bits per heavy atom. The maximum Gasteiger partial charge on any atom is 0.349 e. The van der Waals surface area contributed by atoms with Crippen LogP contribution in [0.25, 0.3) is 0 Å². The zero-order valence-electron chi connectivity index (χ0n) is 7.64. The molecule has 1 amide bonds. The Balaban J connectivity index is 2.69. The zero-order chi connectivity index (χ0) is 10.4. The highest BCUT2D eigenvalue weighted by molar-refractivity contribution is 6.26. The molecule has 0 aliphatic rings. The minimum atomic E-state index is -0.644. The number of esters is 1. The molecule has 4 heteroatoms. The normalized spacial score (nSPS) is 10.1. The van der Waals surface area contributed by atoms with E-state index >= 15 is 0 Å². The van der Waals surface area contributed by atoms with Gasteiger partial charge in [0.15, 0.2) is 0 Å². The average Bonchev–Trinajstić information content (AvgIpc) is 2.26. The van der Waals surface area contributed by atoms with E-state index < -0.39 is 11.9 Å². The molecule has 0 unspecified atom stereocenters. The summed E-state index contributed by atoms with van der Waals surface area (Å²) in [6.45, 7) is 0. The van der Waals surface area contributed by atoms with Crippen molar-refractivity contribution >= 4 is 18.1 Å². The summed E-state index contributed by atoms with van der Waals surface area (Å²) in [4.78, 5) is 25.3. The lowest BCUT2D eigenvalue weighted by Crippen LogP contribution is -2.04. The predicted octanol–water partition coefficient (Wildman–Crippen LogP) is 1.07. The van der Waals surface area contributed by atoms with Gasteiger partial charge in [-0.2, -0.15) is 0 Å². The van der Waals surface area contributed by atoms with Gasteiger partial charge in [0.05, 0.1) is 7.11 Å². The minimum absolute atomic E-state index is 0.438. The van der Waals surface area contributed by atoms with Crippen LogP contribution in [0.15, 0.2) is 35.3 Å². The number of amides is 1. The minimum Gasteiger partial charge on any atom is -0.465 e. The summed E-state index contributed by atoms with van der Waals surface area (Å²) in [6.07, 6.45) is 0.856. The van der Waals surface area contributed by atoms with Crippen LogP contribution in [-0.4, -0.2) is 25.2 Å². The molecular weight excluding hydrogens is 182 g/mol. The molecule has 14 heavy (non-hydrogen) atoms. The van der Waals surface area contributed by atoms with Gasteiger partial charge in [-0.25, -0.2) is 9.79 Å². The summed E-state index contributed by atoms with van der Waals surface area (Å²) in [5.74, 6) is -1.11. The van der Waals surface area contributed by atoms with Crippen LogP contribution in [0.2, 0.25) is 0 Å². The maximum atomic E-state index is 11.3. The SMILES string of the molecule is COC(=O)/C=N/C(=O)c1ccccc1. The first-order valence-electron chi connectivity index (χ1n) is 3.95. The molecule has 0 heterocycles. The Bertz CT molecular complexity index is 357. The van der Waals surface area contributed by atoms with Crippen LogP contribution < -0.4 is 0 Å². The molecule has 4 nitrogen and oxygen atoms in total. The van der Waals surface area contributed by atoms with Crippen LogP contribution in [-0.2, 0) is 9.53 Å². The first kappa shape index (κ1) is 10.1. The van der Waals surface area contributed by atoms with Crippen LogP contribution in [0.3, 0.4) is 0 Å². The van der Waals surface area contributed by atoms with Crippen LogP contribution in [0.5, 0.6) is 0 Å². The Hall–Kier alpha value is -1.97. The molecule has 0 spiro atoms. The summed E-state index contributed by atoms with van der Waals surface area (Å²) in [5, 5.41) is 0. The van der Waals surface area contributed by atoms with E-state index in [9.17, 15) is 9.59 Å². The summed E-state index contributed by atoms with van der Waals surface area (Å²) in [7, 11) is 1.22. The van der Waals surface area contributed by atoms with Crippen LogP contribution in [0, 0.1) is 0 Å². The summed E-state index contributed by atoms with van der Waals surface area (Å²) in [6, 6.07) is 8.48. The monoisotopic (exact) mass is 191 g/mol. The van der Waals surface area contributed by atoms with Crippen LogP contribution >= 0.6 is 0 Å². The number of rotatable bonds is 2. The lowest BCUT2D eigenvalue weighted by atomic mass is 10.2. The Kier molecular flexibility index (Phi) is 3.55. The molecule has 0 saturated carbocycles.